The lowest BCUT2D eigenvalue weighted by Crippen LogP contribution is -1.89. The topological polar surface area (TPSA) is 271 Å². The van der Waals surface area contributed by atoms with Crippen LogP contribution < -0.4 is 0 Å². The molecule has 0 spiro atoms. The average Bonchev–Trinajstić information content (AvgIpc) is 4.13. The van der Waals surface area contributed by atoms with Gasteiger partial charge in [0.25, 0.3) is 0 Å². The Bertz CT molecular complexity index is 4080. The SMILES string of the molecule is Oc1ccc(O)c(-c2cccc3c2-c2nc-3nc3[nH]c(nc4nc(nc5[nH]c(n2)c2cccc(-c6cc(O)ccc6O)c52)-c2cccc(-c5cc(O)ccc5O)c2-4)c2cccc(-c4cc(O)ccc4O)c32)c1. The van der Waals surface area contributed by atoms with E-state index in [4.69, 9.17) is 29.9 Å². The van der Waals surface area contributed by atoms with Crippen molar-refractivity contribution in [2.24, 2.45) is 0 Å². The summed E-state index contributed by atoms with van der Waals surface area (Å²) in [6.45, 7) is 0. The second-order valence-electron chi connectivity index (χ2n) is 17.3. The molecule has 16 heteroatoms. The zero-order valence-electron chi connectivity index (χ0n) is 37.1. The highest BCUT2D eigenvalue weighted by molar-refractivity contribution is 6.15. The third-order valence-corrected chi connectivity index (χ3v) is 13.0. The van der Waals surface area contributed by atoms with Crippen LogP contribution in [0.25, 0.3) is 134 Å². The van der Waals surface area contributed by atoms with Crippen molar-refractivity contribution in [3.05, 3.63) is 146 Å². The highest BCUT2D eigenvalue weighted by Gasteiger charge is 2.29. The predicted octanol–water partition coefficient (Wildman–Crippen LogP) is 11.2. The Morgan fingerprint density at radius 3 is 0.944 bits per heavy atom. The van der Waals surface area contributed by atoms with Gasteiger partial charge in [-0.1, -0.05) is 72.8 Å². The summed E-state index contributed by atoms with van der Waals surface area (Å²) in [7, 11) is 0. The van der Waals surface area contributed by atoms with Gasteiger partial charge in [0.2, 0.25) is 0 Å². The minimum absolute atomic E-state index is 0.0842. The van der Waals surface area contributed by atoms with Gasteiger partial charge in [-0.25, -0.2) is 29.9 Å². The van der Waals surface area contributed by atoms with Crippen LogP contribution in [0.2, 0.25) is 0 Å². The highest BCUT2D eigenvalue weighted by atomic mass is 16.3. The number of hydrogen-bond donors (Lipinski definition) is 10. The van der Waals surface area contributed by atoms with Crippen LogP contribution >= 0.6 is 0 Å². The molecule has 0 atom stereocenters. The Morgan fingerprint density at radius 2 is 0.569 bits per heavy atom. The molecule has 0 amide bonds. The molecular formula is C56H34N8O8. The second-order valence-corrected chi connectivity index (χ2v) is 17.3. The molecule has 0 radical (unpaired) electrons. The number of aromatic amines is 2. The second kappa shape index (κ2) is 15.5. The van der Waals surface area contributed by atoms with Crippen LogP contribution in [0.15, 0.2) is 146 Å². The van der Waals surface area contributed by atoms with E-state index in [0.717, 1.165) is 0 Å². The first-order valence-corrected chi connectivity index (χ1v) is 22.4. The van der Waals surface area contributed by atoms with Gasteiger partial charge in [-0.15, -0.1) is 0 Å². The fraction of sp³-hybridized carbons (Fsp3) is 0. The van der Waals surface area contributed by atoms with E-state index in [9.17, 15) is 40.9 Å². The zero-order valence-corrected chi connectivity index (χ0v) is 37.1. The van der Waals surface area contributed by atoms with Crippen LogP contribution in [0.3, 0.4) is 0 Å². The number of hydrogen-bond acceptors (Lipinski definition) is 14. The van der Waals surface area contributed by atoms with Gasteiger partial charge in [-0.3, -0.25) is 0 Å². The summed E-state index contributed by atoms with van der Waals surface area (Å²) in [6, 6.07) is 38.4. The van der Waals surface area contributed by atoms with Crippen LogP contribution in [0, 0.1) is 0 Å². The van der Waals surface area contributed by atoms with Gasteiger partial charge in [0, 0.05) is 66.1 Å². The Kier molecular flexibility index (Phi) is 8.99. The number of nitrogens with zero attached hydrogens (tertiary/aromatic N) is 6. The quantitative estimate of drug-likeness (QED) is 0.0735. The molecule has 2 aliphatic heterocycles. The smallest absolute Gasteiger partial charge is 0.165 e. The molecule has 2 aliphatic rings. The maximum absolute atomic E-state index is 11.3. The fourth-order valence-corrected chi connectivity index (χ4v) is 9.84. The van der Waals surface area contributed by atoms with Crippen molar-refractivity contribution in [1.29, 1.82) is 0 Å². The number of fused-ring (bicyclic) bond motifs is 20. The van der Waals surface area contributed by atoms with E-state index in [0.29, 0.717) is 88.3 Å². The van der Waals surface area contributed by atoms with E-state index in [2.05, 4.69) is 9.97 Å². The summed E-state index contributed by atoms with van der Waals surface area (Å²) in [5, 5.41) is 90.0. The average molecular weight is 947 g/mol. The zero-order chi connectivity index (χ0) is 49.1. The summed E-state index contributed by atoms with van der Waals surface area (Å²) in [6.07, 6.45) is 0. The molecule has 346 valence electrons. The summed E-state index contributed by atoms with van der Waals surface area (Å²) in [5.74, 6) is -0.0768. The molecule has 8 bridgehead atoms. The van der Waals surface area contributed by atoms with E-state index in [1.165, 1.54) is 72.8 Å². The minimum Gasteiger partial charge on any atom is -0.508 e. The molecule has 16 nitrogen and oxygen atoms in total. The maximum Gasteiger partial charge on any atom is 0.165 e. The molecule has 0 saturated heterocycles. The monoisotopic (exact) mass is 946 g/mol. The van der Waals surface area contributed by atoms with Crippen molar-refractivity contribution in [1.82, 2.24) is 39.9 Å². The van der Waals surface area contributed by atoms with Crippen LogP contribution in [-0.4, -0.2) is 80.7 Å². The number of nitrogens with one attached hydrogen (secondary N) is 2. The number of phenols is 8. The summed E-state index contributed by atoms with van der Waals surface area (Å²) in [5.41, 5.74) is 6.13. The molecule has 10 N–H and O–H groups in total. The van der Waals surface area contributed by atoms with Crippen LogP contribution in [0.1, 0.15) is 0 Å². The predicted molar refractivity (Wildman–Crippen MR) is 271 cm³/mol. The van der Waals surface area contributed by atoms with E-state index in [1.807, 2.05) is 24.3 Å². The first-order chi connectivity index (χ1) is 34.9. The van der Waals surface area contributed by atoms with Gasteiger partial charge in [-0.05, 0) is 95.1 Å². The Hall–Kier alpha value is -10.5. The molecule has 5 heterocycles. The van der Waals surface area contributed by atoms with Crippen molar-refractivity contribution in [3.63, 3.8) is 0 Å². The van der Waals surface area contributed by atoms with Crippen LogP contribution in [0.4, 0.5) is 0 Å². The Balaban J connectivity index is 1.24. The van der Waals surface area contributed by atoms with Crippen molar-refractivity contribution < 1.29 is 40.9 Å². The van der Waals surface area contributed by atoms with Crippen LogP contribution in [0.5, 0.6) is 46.0 Å². The number of H-pyrrole nitrogens is 2. The molecule has 13 rings (SSSR count). The number of rotatable bonds is 4. The summed E-state index contributed by atoms with van der Waals surface area (Å²) >= 11 is 0. The minimum atomic E-state index is -0.112. The molecule has 0 aliphatic carbocycles. The lowest BCUT2D eigenvalue weighted by molar-refractivity contribution is 0.462. The first-order valence-electron chi connectivity index (χ1n) is 22.4. The Morgan fingerprint density at radius 1 is 0.264 bits per heavy atom. The van der Waals surface area contributed by atoms with Gasteiger partial charge < -0.3 is 50.8 Å². The number of aromatic hydroxyl groups is 8. The van der Waals surface area contributed by atoms with Crippen LogP contribution in [-0.2, 0) is 0 Å². The third kappa shape index (κ3) is 6.47. The largest absolute Gasteiger partial charge is 0.508 e. The van der Waals surface area contributed by atoms with E-state index < -0.39 is 0 Å². The molecule has 8 aromatic carbocycles. The molecule has 3 aromatic heterocycles. The molecular weight excluding hydrogens is 913 g/mol. The third-order valence-electron chi connectivity index (χ3n) is 13.0. The molecule has 0 fully saturated rings. The van der Waals surface area contributed by atoms with Crippen molar-refractivity contribution in [2.45, 2.75) is 0 Å². The standard InChI is InChI=1S/C56H34N8O8/c65-25-13-17-41(69)37(21-25)29-5-1-9-33-45(29)53-57-49(33)61-54-46-30(38-22-26(66)14-18-42(38)70)6-2-10-34(46)51(58-54)63-56-48-32(40-24-28(68)16-20-44(40)72)8-4-12-36(48)52(60-56)64-55-47-31(39-23-27(67)15-19-43(39)71)7-3-11-35(47)50(59-55)62-53/h1-24,65-72H,(H2,57,58,59,60,61,62,63,64). The van der Waals surface area contributed by atoms with E-state index >= 15 is 0 Å². The number of phenolic OH excluding ortho intramolecular Hbond substituents is 8. The fourth-order valence-electron chi connectivity index (χ4n) is 9.84. The van der Waals surface area contributed by atoms with Gasteiger partial charge in [0.05, 0.1) is 0 Å². The summed E-state index contributed by atoms with van der Waals surface area (Å²) in [4.78, 5) is 37.9. The number of aromatic nitrogens is 8. The van der Waals surface area contributed by atoms with Crippen molar-refractivity contribution >= 4 is 44.1 Å². The van der Waals surface area contributed by atoms with Gasteiger partial charge in [-0.2, -0.15) is 0 Å². The normalized spacial score (nSPS) is 11.8. The molecule has 0 saturated carbocycles. The van der Waals surface area contributed by atoms with Gasteiger partial charge in [0.15, 0.2) is 23.3 Å². The van der Waals surface area contributed by atoms with Gasteiger partial charge >= 0.3 is 0 Å². The van der Waals surface area contributed by atoms with Crippen molar-refractivity contribution in [2.75, 3.05) is 0 Å². The lowest BCUT2D eigenvalue weighted by atomic mass is 9.95. The van der Waals surface area contributed by atoms with E-state index in [1.54, 1.807) is 48.5 Å². The van der Waals surface area contributed by atoms with Gasteiger partial charge in [0.1, 0.15) is 68.6 Å². The summed E-state index contributed by atoms with van der Waals surface area (Å²) < 4.78 is 0. The molecule has 72 heavy (non-hydrogen) atoms. The molecule has 11 aromatic rings. The lowest BCUT2D eigenvalue weighted by Gasteiger charge is -2.10. The highest BCUT2D eigenvalue weighted by Crippen LogP contribution is 2.48. The number of benzene rings is 8. The van der Waals surface area contributed by atoms with E-state index in [-0.39, 0.29) is 91.9 Å². The maximum atomic E-state index is 11.3. The Labute approximate surface area is 405 Å². The van der Waals surface area contributed by atoms with Crippen molar-refractivity contribution in [3.8, 4) is 136 Å². The first kappa shape index (κ1) is 41.7. The molecule has 0 unspecified atom stereocenters.